The molecule has 0 amide bonds. The SMILES string of the molecule is NS(=O)(=O)c1ccc(CNCc2cncc(Br)c2)cc1. The number of nitrogens with two attached hydrogens (primary N) is 1. The maximum Gasteiger partial charge on any atom is 0.238 e. The van der Waals surface area contributed by atoms with Crippen LogP contribution in [-0.2, 0) is 23.1 Å². The Morgan fingerprint density at radius 3 is 2.35 bits per heavy atom. The lowest BCUT2D eigenvalue weighted by Gasteiger charge is -2.06. The molecule has 0 unspecified atom stereocenters. The van der Waals surface area contributed by atoms with Crippen molar-refractivity contribution in [3.8, 4) is 0 Å². The Morgan fingerprint density at radius 2 is 1.75 bits per heavy atom. The van der Waals surface area contributed by atoms with Crippen LogP contribution in [0.1, 0.15) is 11.1 Å². The molecule has 3 N–H and O–H groups in total. The van der Waals surface area contributed by atoms with E-state index in [0.29, 0.717) is 13.1 Å². The second-order valence-electron chi connectivity index (χ2n) is 4.30. The van der Waals surface area contributed by atoms with Gasteiger partial charge in [0.25, 0.3) is 0 Å². The number of halogens is 1. The molecule has 20 heavy (non-hydrogen) atoms. The molecule has 0 bridgehead atoms. The molecule has 0 aliphatic rings. The van der Waals surface area contributed by atoms with Crippen LogP contribution in [0.15, 0.2) is 52.1 Å². The van der Waals surface area contributed by atoms with Crippen molar-refractivity contribution in [2.45, 2.75) is 18.0 Å². The molecular formula is C13H14BrN3O2S. The summed E-state index contributed by atoms with van der Waals surface area (Å²) in [5, 5.41) is 8.30. The molecule has 0 saturated heterocycles. The average molecular weight is 356 g/mol. The van der Waals surface area contributed by atoms with E-state index in [0.717, 1.165) is 15.6 Å². The number of sulfonamides is 1. The molecule has 0 aliphatic carbocycles. The minimum Gasteiger partial charge on any atom is -0.309 e. The number of hydrogen-bond acceptors (Lipinski definition) is 4. The van der Waals surface area contributed by atoms with Crippen LogP contribution in [0.25, 0.3) is 0 Å². The van der Waals surface area contributed by atoms with E-state index in [4.69, 9.17) is 5.14 Å². The predicted octanol–water partition coefficient (Wildman–Crippen LogP) is 1.78. The molecule has 7 heteroatoms. The number of pyridine rings is 1. The molecular weight excluding hydrogens is 342 g/mol. The highest BCUT2D eigenvalue weighted by Gasteiger charge is 2.06. The first-order valence-corrected chi connectivity index (χ1v) is 8.21. The van der Waals surface area contributed by atoms with Crippen LogP contribution in [0.2, 0.25) is 0 Å². The summed E-state index contributed by atoms with van der Waals surface area (Å²) >= 11 is 3.37. The van der Waals surface area contributed by atoms with E-state index < -0.39 is 10.0 Å². The Hall–Kier alpha value is -1.28. The van der Waals surface area contributed by atoms with Crippen LogP contribution in [-0.4, -0.2) is 13.4 Å². The van der Waals surface area contributed by atoms with Crippen molar-refractivity contribution >= 4 is 26.0 Å². The van der Waals surface area contributed by atoms with Crippen molar-refractivity contribution in [2.24, 2.45) is 5.14 Å². The van der Waals surface area contributed by atoms with Crippen molar-refractivity contribution in [1.29, 1.82) is 0 Å². The summed E-state index contributed by atoms with van der Waals surface area (Å²) in [5.41, 5.74) is 2.06. The first-order chi connectivity index (χ1) is 9.45. The second-order valence-corrected chi connectivity index (χ2v) is 6.78. The molecule has 106 valence electrons. The smallest absolute Gasteiger partial charge is 0.238 e. The third-order valence-electron chi connectivity index (χ3n) is 2.67. The number of primary sulfonamides is 1. The van der Waals surface area contributed by atoms with E-state index in [1.165, 1.54) is 12.1 Å². The molecule has 2 rings (SSSR count). The number of rotatable bonds is 5. The molecule has 1 aromatic heterocycles. The predicted molar refractivity (Wildman–Crippen MR) is 80.3 cm³/mol. The molecule has 1 aromatic carbocycles. The number of benzene rings is 1. The maximum absolute atomic E-state index is 11.1. The fourth-order valence-corrected chi connectivity index (χ4v) is 2.63. The Labute approximate surface area is 126 Å². The van der Waals surface area contributed by atoms with Crippen LogP contribution in [0.4, 0.5) is 0 Å². The van der Waals surface area contributed by atoms with Gasteiger partial charge in [-0.15, -0.1) is 0 Å². The van der Waals surface area contributed by atoms with Gasteiger partial charge in [-0.05, 0) is 45.3 Å². The fraction of sp³-hybridized carbons (Fsp3) is 0.154. The Bertz CT molecular complexity index is 687. The van der Waals surface area contributed by atoms with Gasteiger partial charge >= 0.3 is 0 Å². The lowest BCUT2D eigenvalue weighted by Crippen LogP contribution is -2.14. The number of hydrogen-bond donors (Lipinski definition) is 2. The van der Waals surface area contributed by atoms with Crippen LogP contribution >= 0.6 is 15.9 Å². The average Bonchev–Trinajstić information content (AvgIpc) is 2.38. The van der Waals surface area contributed by atoms with Crippen molar-refractivity contribution in [3.63, 3.8) is 0 Å². The van der Waals surface area contributed by atoms with Gasteiger partial charge in [-0.2, -0.15) is 0 Å². The van der Waals surface area contributed by atoms with Crippen LogP contribution in [0.5, 0.6) is 0 Å². The summed E-state index contributed by atoms with van der Waals surface area (Å²) in [4.78, 5) is 4.20. The highest BCUT2D eigenvalue weighted by Crippen LogP contribution is 2.10. The largest absolute Gasteiger partial charge is 0.309 e. The zero-order valence-corrected chi connectivity index (χ0v) is 13.0. The van der Waals surface area contributed by atoms with Gasteiger partial charge in [-0.1, -0.05) is 12.1 Å². The topological polar surface area (TPSA) is 85.1 Å². The molecule has 1 heterocycles. The van der Waals surface area contributed by atoms with Gasteiger partial charge < -0.3 is 5.32 Å². The van der Waals surface area contributed by atoms with Gasteiger partial charge in [0.1, 0.15) is 0 Å². The van der Waals surface area contributed by atoms with Crippen LogP contribution in [0, 0.1) is 0 Å². The van der Waals surface area contributed by atoms with Gasteiger partial charge in [0, 0.05) is 30.0 Å². The van der Waals surface area contributed by atoms with Gasteiger partial charge in [-0.3, -0.25) is 4.98 Å². The Balaban J connectivity index is 1.92. The van der Waals surface area contributed by atoms with Crippen LogP contribution < -0.4 is 10.5 Å². The molecule has 0 radical (unpaired) electrons. The van der Waals surface area contributed by atoms with Gasteiger partial charge in [0.2, 0.25) is 10.0 Å². The van der Waals surface area contributed by atoms with E-state index in [1.807, 2.05) is 6.07 Å². The lowest BCUT2D eigenvalue weighted by molar-refractivity contribution is 0.597. The van der Waals surface area contributed by atoms with Gasteiger partial charge in [-0.25, -0.2) is 13.6 Å². The van der Waals surface area contributed by atoms with E-state index in [2.05, 4.69) is 26.2 Å². The maximum atomic E-state index is 11.1. The van der Waals surface area contributed by atoms with Crippen molar-refractivity contribution < 1.29 is 8.42 Å². The fourth-order valence-electron chi connectivity index (χ4n) is 1.70. The molecule has 2 aromatic rings. The third kappa shape index (κ3) is 4.38. The number of nitrogens with zero attached hydrogens (tertiary/aromatic N) is 1. The Morgan fingerprint density at radius 1 is 1.10 bits per heavy atom. The summed E-state index contributed by atoms with van der Waals surface area (Å²) < 4.78 is 23.2. The number of aromatic nitrogens is 1. The first kappa shape index (κ1) is 15.1. The van der Waals surface area contributed by atoms with E-state index in [9.17, 15) is 8.42 Å². The molecule has 0 aliphatic heterocycles. The summed E-state index contributed by atoms with van der Waals surface area (Å²) in [6, 6.07) is 8.49. The molecule has 0 atom stereocenters. The van der Waals surface area contributed by atoms with E-state index >= 15 is 0 Å². The minimum absolute atomic E-state index is 0.123. The zero-order chi connectivity index (χ0) is 14.6. The highest BCUT2D eigenvalue weighted by atomic mass is 79.9. The van der Waals surface area contributed by atoms with Gasteiger partial charge in [0.05, 0.1) is 4.90 Å². The standard InChI is InChI=1S/C13H14BrN3O2S/c14-12-5-11(8-17-9-12)7-16-6-10-1-3-13(4-2-10)20(15,18)19/h1-5,8-9,16H,6-7H2,(H2,15,18,19). The Kier molecular flexibility index (Phi) is 4.87. The summed E-state index contributed by atoms with van der Waals surface area (Å²) in [5.74, 6) is 0. The van der Waals surface area contributed by atoms with E-state index in [-0.39, 0.29) is 4.90 Å². The number of nitrogens with one attached hydrogen (secondary N) is 1. The highest BCUT2D eigenvalue weighted by molar-refractivity contribution is 9.10. The van der Waals surface area contributed by atoms with E-state index in [1.54, 1.807) is 24.5 Å². The molecule has 0 spiro atoms. The lowest BCUT2D eigenvalue weighted by atomic mass is 10.2. The molecule has 0 saturated carbocycles. The third-order valence-corrected chi connectivity index (χ3v) is 4.03. The second kappa shape index (κ2) is 6.45. The first-order valence-electron chi connectivity index (χ1n) is 5.87. The zero-order valence-electron chi connectivity index (χ0n) is 10.6. The molecule has 5 nitrogen and oxygen atoms in total. The van der Waals surface area contributed by atoms with Crippen LogP contribution in [0.3, 0.4) is 0 Å². The van der Waals surface area contributed by atoms with Crippen molar-refractivity contribution in [3.05, 3.63) is 58.3 Å². The minimum atomic E-state index is -3.62. The monoisotopic (exact) mass is 355 g/mol. The molecule has 0 fully saturated rings. The summed E-state index contributed by atoms with van der Waals surface area (Å²) in [6.45, 7) is 1.32. The van der Waals surface area contributed by atoms with Crippen molar-refractivity contribution in [2.75, 3.05) is 0 Å². The summed E-state index contributed by atoms with van der Waals surface area (Å²) in [6.07, 6.45) is 3.53. The summed E-state index contributed by atoms with van der Waals surface area (Å²) in [7, 11) is -3.62. The van der Waals surface area contributed by atoms with Crippen molar-refractivity contribution in [1.82, 2.24) is 10.3 Å². The normalized spacial score (nSPS) is 11.5. The van der Waals surface area contributed by atoms with Gasteiger partial charge in [0.15, 0.2) is 0 Å². The quantitative estimate of drug-likeness (QED) is 0.855.